The molecule has 16 heavy (non-hydrogen) atoms. The normalized spacial score (nSPS) is 9.69. The Hall–Kier alpha value is -2.18. The van der Waals surface area contributed by atoms with E-state index in [0.717, 1.165) is 17.2 Å². The van der Waals surface area contributed by atoms with E-state index in [1.807, 2.05) is 60.7 Å². The summed E-state index contributed by atoms with van der Waals surface area (Å²) in [7, 11) is 0. The third-order valence-corrected chi connectivity index (χ3v) is 1.93. The van der Waals surface area contributed by atoms with Crippen LogP contribution in [0, 0.1) is 5.41 Å². The molecule has 1 N–H and O–H groups in total. The number of nitrogens with one attached hydrogen (secondary N) is 1. The first kappa shape index (κ1) is 10.3. The third-order valence-electron chi connectivity index (χ3n) is 1.93. The van der Waals surface area contributed by atoms with Crippen molar-refractivity contribution in [1.29, 1.82) is 5.41 Å². The molecule has 0 radical (unpaired) electrons. The molecular formula is C14H13NO. The summed E-state index contributed by atoms with van der Waals surface area (Å²) in [5.74, 6) is 0. The van der Waals surface area contributed by atoms with Crippen LogP contribution >= 0.6 is 0 Å². The van der Waals surface area contributed by atoms with E-state index in [0.29, 0.717) is 0 Å². The molecule has 0 heterocycles. The lowest BCUT2D eigenvalue weighted by Crippen LogP contribution is -1.85. The number of hydrogen-bond acceptors (Lipinski definition) is 2. The molecule has 0 bridgehead atoms. The SMILES string of the molecule is N=C=O.[2H]C(c1ccccc1)c1ccccc1. The Bertz CT molecular complexity index is 425. The van der Waals surface area contributed by atoms with Crippen LogP contribution in [0.15, 0.2) is 60.7 Å². The topological polar surface area (TPSA) is 40.9 Å². The highest BCUT2D eigenvalue weighted by Crippen LogP contribution is 2.07. The molecule has 2 nitrogen and oxygen atoms in total. The summed E-state index contributed by atoms with van der Waals surface area (Å²) in [6.45, 7) is 0. The first-order chi connectivity index (χ1) is 8.29. The van der Waals surface area contributed by atoms with Gasteiger partial charge in [0.1, 0.15) is 0 Å². The first-order valence-electron chi connectivity index (χ1n) is 5.43. The van der Waals surface area contributed by atoms with E-state index in [2.05, 4.69) is 0 Å². The van der Waals surface area contributed by atoms with Gasteiger partial charge < -0.3 is 0 Å². The zero-order valence-corrected chi connectivity index (χ0v) is 8.76. The molecule has 0 spiro atoms. The van der Waals surface area contributed by atoms with E-state index in [1.54, 1.807) is 0 Å². The highest BCUT2D eigenvalue weighted by atomic mass is 16.1. The van der Waals surface area contributed by atoms with E-state index in [4.69, 9.17) is 11.6 Å². The Labute approximate surface area is 96.5 Å². The first-order valence-corrected chi connectivity index (χ1v) is 4.85. The molecule has 80 valence electrons. The number of carbonyl (C=O) groups excluding carboxylic acids is 1. The Morgan fingerprint density at radius 3 is 1.56 bits per heavy atom. The standard InChI is InChI=1S/C13H12.CHNO/c1-3-7-12(8-4-1)11-13-9-5-2-6-10-13;2-1-3/h1-10H,11H2;2H/i11D;. The van der Waals surface area contributed by atoms with Crippen molar-refractivity contribution in [3.63, 3.8) is 0 Å². The van der Waals surface area contributed by atoms with Gasteiger partial charge in [0, 0.05) is 1.37 Å². The van der Waals surface area contributed by atoms with Gasteiger partial charge in [-0.15, -0.1) is 0 Å². The largest absolute Gasteiger partial charge is 0.231 e. The number of rotatable bonds is 2. The van der Waals surface area contributed by atoms with Crippen molar-refractivity contribution in [3.8, 4) is 0 Å². The molecular weight excluding hydrogens is 198 g/mol. The number of benzene rings is 2. The van der Waals surface area contributed by atoms with Crippen molar-refractivity contribution >= 4 is 6.08 Å². The fourth-order valence-electron chi connectivity index (χ4n) is 1.29. The molecule has 0 atom stereocenters. The highest BCUT2D eigenvalue weighted by molar-refractivity contribution is 5.26. The van der Waals surface area contributed by atoms with E-state index in [9.17, 15) is 0 Å². The van der Waals surface area contributed by atoms with Crippen LogP contribution in [-0.2, 0) is 11.2 Å². The molecule has 0 aliphatic heterocycles. The van der Waals surface area contributed by atoms with Gasteiger partial charge in [0.15, 0.2) is 0 Å². The van der Waals surface area contributed by atoms with E-state index < -0.39 is 0 Å². The average Bonchev–Trinajstić information content (AvgIpc) is 2.41. The smallest absolute Gasteiger partial charge is 0.222 e. The van der Waals surface area contributed by atoms with Crippen molar-refractivity contribution < 1.29 is 6.17 Å². The molecule has 0 aliphatic rings. The summed E-state index contributed by atoms with van der Waals surface area (Å²) in [6.07, 6.45) is 0.484. The van der Waals surface area contributed by atoms with Crippen LogP contribution in [0.5, 0.6) is 0 Å². The molecule has 0 amide bonds. The molecule has 0 aromatic heterocycles. The van der Waals surface area contributed by atoms with Crippen LogP contribution in [0.1, 0.15) is 12.5 Å². The van der Waals surface area contributed by atoms with Crippen molar-refractivity contribution in [3.05, 3.63) is 71.8 Å². The van der Waals surface area contributed by atoms with Crippen LogP contribution in [0.4, 0.5) is 0 Å². The molecule has 0 aliphatic carbocycles. The fraction of sp³-hybridized carbons (Fsp3) is 0.0714. The maximum Gasteiger partial charge on any atom is 0.231 e. The van der Waals surface area contributed by atoms with Crippen LogP contribution in [-0.4, -0.2) is 6.08 Å². The lowest BCUT2D eigenvalue weighted by Gasteiger charge is -2.00. The van der Waals surface area contributed by atoms with Gasteiger partial charge in [-0.25, -0.2) is 10.2 Å². The predicted octanol–water partition coefficient (Wildman–Crippen LogP) is 3.18. The molecule has 0 saturated heterocycles. The van der Waals surface area contributed by atoms with Gasteiger partial charge in [-0.2, -0.15) is 0 Å². The molecule has 0 unspecified atom stereocenters. The summed E-state index contributed by atoms with van der Waals surface area (Å²) in [5.41, 5.74) is 2.08. The van der Waals surface area contributed by atoms with Crippen LogP contribution < -0.4 is 0 Å². The van der Waals surface area contributed by atoms with Crippen molar-refractivity contribution in [1.82, 2.24) is 0 Å². The summed E-state index contributed by atoms with van der Waals surface area (Å²) in [5, 5.41) is 5.40. The molecule has 2 heteroatoms. The van der Waals surface area contributed by atoms with Gasteiger partial charge in [0.2, 0.25) is 6.08 Å². The van der Waals surface area contributed by atoms with Crippen LogP contribution in [0.2, 0.25) is 0 Å². The fourth-order valence-corrected chi connectivity index (χ4v) is 1.29. The van der Waals surface area contributed by atoms with Gasteiger partial charge in [-0.05, 0) is 17.5 Å². The second-order valence-corrected chi connectivity index (χ2v) is 3.07. The minimum atomic E-state index is -0.266. The quantitative estimate of drug-likeness (QED) is 0.602. The van der Waals surface area contributed by atoms with Crippen LogP contribution in [0.3, 0.4) is 0 Å². The molecule has 0 fully saturated rings. The summed E-state index contributed by atoms with van der Waals surface area (Å²) in [6, 6.07) is 19.8. The maximum atomic E-state index is 8.35. The lowest BCUT2D eigenvalue weighted by atomic mass is 10.1. The van der Waals surface area contributed by atoms with E-state index >= 15 is 0 Å². The Balaban J connectivity index is 0.000000437. The zero-order valence-electron chi connectivity index (χ0n) is 9.76. The summed E-state index contributed by atoms with van der Waals surface area (Å²) >= 11 is 0. The monoisotopic (exact) mass is 212 g/mol. The predicted molar refractivity (Wildman–Crippen MR) is 64.1 cm³/mol. The second kappa shape index (κ2) is 7.16. The molecule has 0 saturated carbocycles. The minimum absolute atomic E-state index is 0.266. The van der Waals surface area contributed by atoms with Crippen molar-refractivity contribution in [2.45, 2.75) is 6.40 Å². The van der Waals surface area contributed by atoms with Gasteiger partial charge in [-0.1, -0.05) is 60.7 Å². The number of hydrogen-bond donors (Lipinski definition) is 1. The Kier molecular flexibility index (Phi) is 4.63. The average molecular weight is 212 g/mol. The lowest BCUT2D eigenvalue weighted by molar-refractivity contribution is 0.563. The minimum Gasteiger partial charge on any atom is -0.222 e. The highest BCUT2D eigenvalue weighted by Gasteiger charge is 1.92. The van der Waals surface area contributed by atoms with E-state index in [1.165, 1.54) is 0 Å². The summed E-state index contributed by atoms with van der Waals surface area (Å²) < 4.78 is 8.05. The van der Waals surface area contributed by atoms with Gasteiger partial charge >= 0.3 is 0 Å². The zero-order chi connectivity index (χ0) is 12.5. The number of isocyanates is 1. The van der Waals surface area contributed by atoms with Gasteiger partial charge in [-0.3, -0.25) is 0 Å². The maximum absolute atomic E-state index is 8.35. The molecule has 2 aromatic rings. The second-order valence-electron chi connectivity index (χ2n) is 3.07. The van der Waals surface area contributed by atoms with Gasteiger partial charge in [0.25, 0.3) is 0 Å². The van der Waals surface area contributed by atoms with Crippen molar-refractivity contribution in [2.75, 3.05) is 0 Å². The third kappa shape index (κ3) is 4.36. The van der Waals surface area contributed by atoms with E-state index in [-0.39, 0.29) is 6.40 Å². The Morgan fingerprint density at radius 2 is 1.25 bits per heavy atom. The van der Waals surface area contributed by atoms with Gasteiger partial charge in [0.05, 0.1) is 0 Å². The molecule has 2 aromatic carbocycles. The Morgan fingerprint density at radius 1 is 0.938 bits per heavy atom. The van der Waals surface area contributed by atoms with Crippen molar-refractivity contribution in [2.24, 2.45) is 0 Å². The van der Waals surface area contributed by atoms with Crippen LogP contribution in [0.25, 0.3) is 0 Å². The summed E-state index contributed by atoms with van der Waals surface area (Å²) in [4.78, 5) is 8.35. The molecule has 2 rings (SSSR count).